The van der Waals surface area contributed by atoms with E-state index in [4.69, 9.17) is 4.74 Å². The molecule has 0 saturated heterocycles. The van der Waals surface area contributed by atoms with E-state index in [1.165, 1.54) is 0 Å². The summed E-state index contributed by atoms with van der Waals surface area (Å²) in [5.41, 5.74) is 0.211. The van der Waals surface area contributed by atoms with Crippen molar-refractivity contribution in [1.82, 2.24) is 5.32 Å². The average molecular weight is 283 g/mol. The number of rotatable bonds is 6. The van der Waals surface area contributed by atoms with Gasteiger partial charge in [0.05, 0.1) is 5.70 Å². The standard InChI is InChI=1S/C8H14O2.C7H11NO2/c1-6(2)7(9)10-8(3,4)5;1-3-4-7(10)6(2)8-5-9/h1H2,2-5H3;5H,2-4H2,1H3,(H,8,9). The molecule has 0 aliphatic carbocycles. The van der Waals surface area contributed by atoms with Crippen molar-refractivity contribution in [3.8, 4) is 0 Å². The Morgan fingerprint density at radius 2 is 1.75 bits per heavy atom. The van der Waals surface area contributed by atoms with Gasteiger partial charge in [-0.15, -0.1) is 0 Å². The van der Waals surface area contributed by atoms with Gasteiger partial charge in [0.1, 0.15) is 5.60 Å². The zero-order chi connectivity index (χ0) is 16.3. The summed E-state index contributed by atoms with van der Waals surface area (Å²) in [6.07, 6.45) is 1.67. The number of allylic oxidation sites excluding steroid dienone is 1. The number of ketones is 1. The van der Waals surface area contributed by atoms with Crippen LogP contribution < -0.4 is 5.32 Å². The van der Waals surface area contributed by atoms with Crippen molar-refractivity contribution in [2.75, 3.05) is 0 Å². The second kappa shape index (κ2) is 9.95. The molecule has 0 spiro atoms. The topological polar surface area (TPSA) is 72.5 Å². The van der Waals surface area contributed by atoms with Gasteiger partial charge in [0.2, 0.25) is 6.41 Å². The Morgan fingerprint density at radius 1 is 1.25 bits per heavy atom. The van der Waals surface area contributed by atoms with Gasteiger partial charge in [0, 0.05) is 12.0 Å². The lowest BCUT2D eigenvalue weighted by molar-refractivity contribution is -0.149. The molecule has 0 radical (unpaired) electrons. The van der Waals surface area contributed by atoms with Crippen molar-refractivity contribution in [1.29, 1.82) is 0 Å². The molecule has 0 fully saturated rings. The number of Topliss-reactive ketones (excluding diaryl/α,β-unsaturated/α-hetero) is 1. The van der Waals surface area contributed by atoms with E-state index >= 15 is 0 Å². The van der Waals surface area contributed by atoms with Crippen molar-refractivity contribution in [2.24, 2.45) is 0 Å². The van der Waals surface area contributed by atoms with Crippen molar-refractivity contribution < 1.29 is 19.1 Å². The zero-order valence-corrected chi connectivity index (χ0v) is 13.0. The van der Waals surface area contributed by atoms with E-state index < -0.39 is 5.60 Å². The van der Waals surface area contributed by atoms with Crippen molar-refractivity contribution in [2.45, 2.75) is 53.1 Å². The van der Waals surface area contributed by atoms with E-state index in [0.717, 1.165) is 6.42 Å². The second-order valence-corrected chi connectivity index (χ2v) is 5.20. The smallest absolute Gasteiger partial charge is 0.333 e. The van der Waals surface area contributed by atoms with Gasteiger partial charge >= 0.3 is 5.97 Å². The lowest BCUT2D eigenvalue weighted by Crippen LogP contribution is -2.23. The number of amides is 1. The molecule has 0 aromatic carbocycles. The van der Waals surface area contributed by atoms with Crippen LogP contribution in [0.5, 0.6) is 0 Å². The lowest BCUT2D eigenvalue weighted by atomic mass is 10.2. The van der Waals surface area contributed by atoms with Crippen LogP contribution in [0.2, 0.25) is 0 Å². The molecule has 5 heteroatoms. The molecule has 1 amide bonds. The van der Waals surface area contributed by atoms with E-state index in [2.05, 4.69) is 18.5 Å². The summed E-state index contributed by atoms with van der Waals surface area (Å²) in [5, 5.41) is 2.21. The number of carbonyl (C=O) groups excluding carboxylic acids is 3. The number of hydrogen-bond acceptors (Lipinski definition) is 4. The molecule has 1 N–H and O–H groups in total. The Kier molecular flexibility index (Phi) is 10.2. The van der Waals surface area contributed by atoms with Gasteiger partial charge in [-0.25, -0.2) is 4.79 Å². The number of nitrogens with one attached hydrogen (secondary N) is 1. The van der Waals surface area contributed by atoms with Gasteiger partial charge in [0.15, 0.2) is 5.78 Å². The highest BCUT2D eigenvalue weighted by molar-refractivity contribution is 5.95. The van der Waals surface area contributed by atoms with Crippen molar-refractivity contribution in [3.63, 3.8) is 0 Å². The maximum absolute atomic E-state index is 10.8. The molecule has 114 valence electrons. The number of carbonyl (C=O) groups is 3. The Hall–Kier alpha value is -1.91. The van der Waals surface area contributed by atoms with Crippen LogP contribution in [0.1, 0.15) is 47.5 Å². The second-order valence-electron chi connectivity index (χ2n) is 5.20. The van der Waals surface area contributed by atoms with Gasteiger partial charge in [-0.1, -0.05) is 20.1 Å². The van der Waals surface area contributed by atoms with Crippen molar-refractivity contribution in [3.05, 3.63) is 24.4 Å². The van der Waals surface area contributed by atoms with Crippen LogP contribution in [0, 0.1) is 0 Å². The third-order valence-corrected chi connectivity index (χ3v) is 1.79. The molecule has 0 saturated carbocycles. The molecule has 0 aliphatic rings. The van der Waals surface area contributed by atoms with Crippen LogP contribution in [0.15, 0.2) is 24.4 Å². The Bertz CT molecular complexity index is 378. The summed E-state index contributed by atoms with van der Waals surface area (Å²) in [7, 11) is 0. The molecule has 0 aromatic heterocycles. The highest BCUT2D eigenvalue weighted by Crippen LogP contribution is 2.09. The minimum Gasteiger partial charge on any atom is -0.457 e. The fourth-order valence-corrected chi connectivity index (χ4v) is 0.895. The summed E-state index contributed by atoms with van der Waals surface area (Å²) in [4.78, 5) is 31.4. The maximum Gasteiger partial charge on any atom is 0.333 e. The molecule has 0 unspecified atom stereocenters. The molecular formula is C15H25NO4. The third kappa shape index (κ3) is 12.5. The van der Waals surface area contributed by atoms with Crippen molar-refractivity contribution >= 4 is 18.2 Å². The highest BCUT2D eigenvalue weighted by atomic mass is 16.6. The molecule has 0 heterocycles. The monoisotopic (exact) mass is 283 g/mol. The molecule has 5 nitrogen and oxygen atoms in total. The number of esters is 1. The zero-order valence-electron chi connectivity index (χ0n) is 13.0. The number of hydrogen-bond donors (Lipinski definition) is 1. The maximum atomic E-state index is 10.8. The summed E-state index contributed by atoms with van der Waals surface area (Å²) < 4.78 is 4.96. The number of ether oxygens (including phenoxy) is 1. The van der Waals surface area contributed by atoms with Crippen LogP contribution in [0.4, 0.5) is 0 Å². The Morgan fingerprint density at radius 3 is 2.00 bits per heavy atom. The fourth-order valence-electron chi connectivity index (χ4n) is 0.895. The predicted molar refractivity (Wildman–Crippen MR) is 78.9 cm³/mol. The van der Waals surface area contributed by atoms with Gasteiger partial charge < -0.3 is 10.1 Å². The van der Waals surface area contributed by atoms with E-state index in [-0.39, 0.29) is 17.4 Å². The first-order valence-electron chi connectivity index (χ1n) is 6.36. The molecule has 0 bridgehead atoms. The summed E-state index contributed by atoms with van der Waals surface area (Å²) in [6.45, 7) is 15.8. The SMILES string of the molecule is C=C(C)C(=O)OC(C)(C)C.C=C(NC=O)C(=O)CCC. The molecule has 0 aromatic rings. The van der Waals surface area contributed by atoms with E-state index in [0.29, 0.717) is 18.4 Å². The first-order valence-corrected chi connectivity index (χ1v) is 6.36. The first kappa shape index (κ1) is 20.4. The summed E-state index contributed by atoms with van der Waals surface area (Å²) >= 11 is 0. The van der Waals surface area contributed by atoms with Gasteiger partial charge in [-0.05, 0) is 34.1 Å². The molecule has 0 rings (SSSR count). The Balaban J connectivity index is 0. The quantitative estimate of drug-likeness (QED) is 0.462. The minimum atomic E-state index is -0.407. The molecule has 20 heavy (non-hydrogen) atoms. The first-order chi connectivity index (χ1) is 9.05. The van der Waals surface area contributed by atoms with Gasteiger partial charge in [-0.2, -0.15) is 0 Å². The highest BCUT2D eigenvalue weighted by Gasteiger charge is 2.15. The lowest BCUT2D eigenvalue weighted by Gasteiger charge is -2.19. The molecular weight excluding hydrogens is 258 g/mol. The van der Waals surface area contributed by atoms with Crippen LogP contribution >= 0.6 is 0 Å². The van der Waals surface area contributed by atoms with Crippen LogP contribution in [-0.2, 0) is 19.1 Å². The van der Waals surface area contributed by atoms with Crippen LogP contribution in [0.3, 0.4) is 0 Å². The summed E-state index contributed by atoms with van der Waals surface area (Å²) in [5.74, 6) is -0.429. The normalized spacial score (nSPS) is 9.65. The molecule has 0 aliphatic heterocycles. The average Bonchev–Trinajstić information content (AvgIpc) is 2.28. The van der Waals surface area contributed by atoms with E-state index in [1.807, 2.05) is 27.7 Å². The van der Waals surface area contributed by atoms with E-state index in [1.54, 1.807) is 6.92 Å². The predicted octanol–water partition coefficient (Wildman–Crippen LogP) is 2.52. The Labute approximate surface area is 121 Å². The van der Waals surface area contributed by atoms with Crippen LogP contribution in [0.25, 0.3) is 0 Å². The van der Waals surface area contributed by atoms with Gasteiger partial charge in [0.25, 0.3) is 0 Å². The minimum absolute atomic E-state index is 0.102. The summed E-state index contributed by atoms with van der Waals surface area (Å²) in [6, 6.07) is 0. The fraction of sp³-hybridized carbons (Fsp3) is 0.533. The van der Waals surface area contributed by atoms with Crippen LogP contribution in [-0.4, -0.2) is 23.8 Å². The largest absolute Gasteiger partial charge is 0.457 e. The molecule has 0 atom stereocenters. The van der Waals surface area contributed by atoms with Gasteiger partial charge in [-0.3, -0.25) is 9.59 Å². The van der Waals surface area contributed by atoms with E-state index in [9.17, 15) is 14.4 Å². The third-order valence-electron chi connectivity index (χ3n) is 1.79.